The SMILES string of the molecule is CCCCNC(=O)[C@H](Cc1ccccc1)N(Cc1cccc(C)c1)C(=O)CCc1ccc(C)cc1. The molecule has 3 rings (SSSR count). The van der Waals surface area contributed by atoms with Crippen molar-refractivity contribution in [1.29, 1.82) is 0 Å². The number of unbranched alkanes of at least 4 members (excludes halogenated alkanes) is 1. The van der Waals surface area contributed by atoms with Crippen LogP contribution in [0.15, 0.2) is 78.9 Å². The highest BCUT2D eigenvalue weighted by molar-refractivity contribution is 5.88. The van der Waals surface area contributed by atoms with Gasteiger partial charge in [0.1, 0.15) is 6.04 Å². The second kappa shape index (κ2) is 13.5. The molecule has 0 aliphatic rings. The van der Waals surface area contributed by atoms with E-state index in [4.69, 9.17) is 0 Å². The zero-order valence-corrected chi connectivity index (χ0v) is 21.3. The summed E-state index contributed by atoms with van der Waals surface area (Å²) in [5, 5.41) is 3.08. The van der Waals surface area contributed by atoms with Crippen molar-refractivity contribution in [3.63, 3.8) is 0 Å². The lowest BCUT2D eigenvalue weighted by Crippen LogP contribution is -2.50. The number of carbonyl (C=O) groups excluding carboxylic acids is 2. The molecule has 0 radical (unpaired) electrons. The van der Waals surface area contributed by atoms with Gasteiger partial charge in [0, 0.05) is 25.9 Å². The Morgan fingerprint density at radius 2 is 1.54 bits per heavy atom. The van der Waals surface area contributed by atoms with E-state index in [0.717, 1.165) is 35.1 Å². The average Bonchev–Trinajstić information content (AvgIpc) is 2.86. The van der Waals surface area contributed by atoms with Gasteiger partial charge in [0.25, 0.3) is 0 Å². The zero-order chi connectivity index (χ0) is 25.0. The lowest BCUT2D eigenvalue weighted by Gasteiger charge is -2.32. The third kappa shape index (κ3) is 8.40. The van der Waals surface area contributed by atoms with Gasteiger partial charge in [-0.25, -0.2) is 0 Å². The fraction of sp³-hybridized carbons (Fsp3) is 0.355. The maximum absolute atomic E-state index is 13.7. The molecule has 184 valence electrons. The smallest absolute Gasteiger partial charge is 0.243 e. The van der Waals surface area contributed by atoms with Gasteiger partial charge in [-0.1, -0.05) is 103 Å². The van der Waals surface area contributed by atoms with E-state index in [-0.39, 0.29) is 11.8 Å². The van der Waals surface area contributed by atoms with Gasteiger partial charge in [-0.15, -0.1) is 0 Å². The van der Waals surface area contributed by atoms with E-state index < -0.39 is 6.04 Å². The van der Waals surface area contributed by atoms with Gasteiger partial charge in [-0.3, -0.25) is 9.59 Å². The lowest BCUT2D eigenvalue weighted by molar-refractivity contribution is -0.141. The van der Waals surface area contributed by atoms with Crippen LogP contribution in [0.3, 0.4) is 0 Å². The van der Waals surface area contributed by atoms with Crippen LogP contribution >= 0.6 is 0 Å². The molecule has 2 amide bonds. The number of nitrogens with zero attached hydrogens (tertiary/aromatic N) is 1. The minimum absolute atomic E-state index is 0.00125. The van der Waals surface area contributed by atoms with Gasteiger partial charge in [0.05, 0.1) is 0 Å². The normalized spacial score (nSPS) is 11.6. The van der Waals surface area contributed by atoms with Crippen molar-refractivity contribution >= 4 is 11.8 Å². The summed E-state index contributed by atoms with van der Waals surface area (Å²) < 4.78 is 0. The summed E-state index contributed by atoms with van der Waals surface area (Å²) in [5.74, 6) is -0.0858. The Labute approximate surface area is 210 Å². The molecular weight excluding hydrogens is 432 g/mol. The Balaban J connectivity index is 1.87. The van der Waals surface area contributed by atoms with Gasteiger partial charge in [-0.05, 0) is 43.4 Å². The highest BCUT2D eigenvalue weighted by Crippen LogP contribution is 2.18. The van der Waals surface area contributed by atoms with Crippen molar-refractivity contribution in [3.8, 4) is 0 Å². The van der Waals surface area contributed by atoms with Crippen LogP contribution in [0, 0.1) is 13.8 Å². The summed E-state index contributed by atoms with van der Waals surface area (Å²) >= 11 is 0. The minimum Gasteiger partial charge on any atom is -0.354 e. The Kier molecular flexibility index (Phi) is 10.1. The van der Waals surface area contributed by atoms with Crippen molar-refractivity contribution < 1.29 is 9.59 Å². The molecule has 0 aromatic heterocycles. The van der Waals surface area contributed by atoms with E-state index in [0.29, 0.717) is 32.4 Å². The van der Waals surface area contributed by atoms with Crippen molar-refractivity contribution in [1.82, 2.24) is 10.2 Å². The van der Waals surface area contributed by atoms with Crippen LogP contribution in [0.1, 0.15) is 54.0 Å². The minimum atomic E-state index is -0.569. The van der Waals surface area contributed by atoms with E-state index in [1.165, 1.54) is 5.56 Å². The van der Waals surface area contributed by atoms with Gasteiger partial charge in [0.15, 0.2) is 0 Å². The quantitative estimate of drug-likeness (QED) is 0.341. The van der Waals surface area contributed by atoms with Crippen molar-refractivity contribution in [2.24, 2.45) is 0 Å². The number of rotatable bonds is 12. The van der Waals surface area contributed by atoms with Crippen molar-refractivity contribution in [2.45, 2.75) is 65.5 Å². The summed E-state index contributed by atoms with van der Waals surface area (Å²) in [6.07, 6.45) is 3.43. The van der Waals surface area contributed by atoms with Crippen LogP contribution in [0.2, 0.25) is 0 Å². The predicted molar refractivity (Wildman–Crippen MR) is 143 cm³/mol. The Bertz CT molecular complexity index is 1080. The summed E-state index contributed by atoms with van der Waals surface area (Å²) in [6, 6.07) is 25.9. The number of amides is 2. The maximum Gasteiger partial charge on any atom is 0.243 e. The molecule has 3 aromatic rings. The number of hydrogen-bond donors (Lipinski definition) is 1. The van der Waals surface area contributed by atoms with Gasteiger partial charge >= 0.3 is 0 Å². The van der Waals surface area contributed by atoms with Gasteiger partial charge < -0.3 is 10.2 Å². The molecule has 0 heterocycles. The first kappa shape index (κ1) is 26.2. The van der Waals surface area contributed by atoms with Crippen molar-refractivity contribution in [2.75, 3.05) is 6.54 Å². The predicted octanol–water partition coefficient (Wildman–Crippen LogP) is 5.79. The van der Waals surface area contributed by atoms with E-state index in [1.807, 2.05) is 55.5 Å². The fourth-order valence-corrected chi connectivity index (χ4v) is 4.22. The first-order valence-electron chi connectivity index (χ1n) is 12.7. The van der Waals surface area contributed by atoms with Crippen LogP contribution in [0.5, 0.6) is 0 Å². The Morgan fingerprint density at radius 1 is 0.829 bits per heavy atom. The summed E-state index contributed by atoms with van der Waals surface area (Å²) in [4.78, 5) is 28.9. The monoisotopic (exact) mass is 470 g/mol. The van der Waals surface area contributed by atoms with E-state index in [2.05, 4.69) is 49.5 Å². The third-order valence-electron chi connectivity index (χ3n) is 6.28. The molecule has 0 saturated carbocycles. The largest absolute Gasteiger partial charge is 0.354 e. The number of aryl methyl sites for hydroxylation is 3. The molecule has 1 N–H and O–H groups in total. The maximum atomic E-state index is 13.7. The summed E-state index contributed by atoms with van der Waals surface area (Å²) in [6.45, 7) is 7.24. The van der Waals surface area contributed by atoms with Crippen molar-refractivity contribution in [3.05, 3.63) is 107 Å². The standard InChI is InChI=1S/C31H38N2O2/c1-4-5-20-32-31(35)29(22-27-11-7-6-8-12-27)33(23-28-13-9-10-25(3)21-28)30(34)19-18-26-16-14-24(2)15-17-26/h6-17,21,29H,4-5,18-20,22-23H2,1-3H3,(H,32,35)/t29-/m0/s1. The van der Waals surface area contributed by atoms with Crippen LogP contribution in [-0.4, -0.2) is 29.3 Å². The Morgan fingerprint density at radius 3 is 2.23 bits per heavy atom. The van der Waals surface area contributed by atoms with E-state index in [1.54, 1.807) is 4.90 Å². The topological polar surface area (TPSA) is 49.4 Å². The average molecular weight is 471 g/mol. The first-order valence-corrected chi connectivity index (χ1v) is 12.7. The fourth-order valence-electron chi connectivity index (χ4n) is 4.22. The molecule has 4 nitrogen and oxygen atoms in total. The number of hydrogen-bond acceptors (Lipinski definition) is 2. The molecule has 0 bridgehead atoms. The van der Waals surface area contributed by atoms with E-state index >= 15 is 0 Å². The number of benzene rings is 3. The van der Waals surface area contributed by atoms with Crippen LogP contribution < -0.4 is 5.32 Å². The third-order valence-corrected chi connectivity index (χ3v) is 6.28. The first-order chi connectivity index (χ1) is 17.0. The van der Waals surface area contributed by atoms with Crippen LogP contribution in [0.25, 0.3) is 0 Å². The van der Waals surface area contributed by atoms with Crippen LogP contribution in [0.4, 0.5) is 0 Å². The van der Waals surface area contributed by atoms with E-state index in [9.17, 15) is 9.59 Å². The second-order valence-electron chi connectivity index (χ2n) is 9.35. The molecule has 0 aliphatic carbocycles. The molecule has 0 unspecified atom stereocenters. The summed E-state index contributed by atoms with van der Waals surface area (Å²) in [7, 11) is 0. The lowest BCUT2D eigenvalue weighted by atomic mass is 10.0. The molecule has 0 aliphatic heterocycles. The van der Waals surface area contributed by atoms with Crippen LogP contribution in [-0.2, 0) is 29.0 Å². The number of nitrogens with one attached hydrogen (secondary N) is 1. The zero-order valence-electron chi connectivity index (χ0n) is 21.3. The molecule has 4 heteroatoms. The summed E-state index contributed by atoms with van der Waals surface area (Å²) in [5.41, 5.74) is 5.55. The van der Waals surface area contributed by atoms with Gasteiger partial charge in [-0.2, -0.15) is 0 Å². The Hall–Kier alpha value is -3.40. The second-order valence-corrected chi connectivity index (χ2v) is 9.35. The molecule has 35 heavy (non-hydrogen) atoms. The molecule has 3 aromatic carbocycles. The molecule has 0 spiro atoms. The number of carbonyl (C=O) groups is 2. The van der Waals surface area contributed by atoms with Gasteiger partial charge in [0.2, 0.25) is 11.8 Å². The molecule has 0 saturated heterocycles. The molecular formula is C31H38N2O2. The highest BCUT2D eigenvalue weighted by Gasteiger charge is 2.30. The molecule has 0 fully saturated rings. The highest BCUT2D eigenvalue weighted by atomic mass is 16.2. The molecule has 1 atom stereocenters.